The van der Waals surface area contributed by atoms with Crippen LogP contribution in [0.2, 0.25) is 0 Å². The number of rotatable bonds is 11. The molecule has 0 saturated carbocycles. The van der Waals surface area contributed by atoms with Crippen molar-refractivity contribution in [2.24, 2.45) is 0 Å². The molecule has 0 bridgehead atoms. The summed E-state index contributed by atoms with van der Waals surface area (Å²) < 4.78 is 22.3. The molecule has 0 amide bonds. The fourth-order valence-corrected chi connectivity index (χ4v) is 4.66. The van der Waals surface area contributed by atoms with Gasteiger partial charge >= 0.3 is 11.9 Å². The molecule has 0 spiro atoms. The number of ether oxygens (including phenoxy) is 4. The fourth-order valence-electron chi connectivity index (χ4n) is 4.66. The maximum absolute atomic E-state index is 12.9. The zero-order valence-electron chi connectivity index (χ0n) is 25.4. The molecule has 0 fully saturated rings. The molecule has 0 aliphatic rings. The minimum absolute atomic E-state index is 0. The number of ketones is 1. The number of benzene rings is 4. The molecule has 238 valence electrons. The maximum Gasteiger partial charge on any atom is 0.302 e. The second kappa shape index (κ2) is 15.7. The number of carbonyl (C=O) groups is 3. The smallest absolute Gasteiger partial charge is 0.302 e. The molecule has 0 radical (unpaired) electrons. The quantitative estimate of drug-likeness (QED) is 0.124. The third-order valence-corrected chi connectivity index (χ3v) is 7.30. The van der Waals surface area contributed by atoms with E-state index in [1.54, 1.807) is 31.4 Å². The highest BCUT2D eigenvalue weighted by Gasteiger charge is 2.26. The first-order valence-corrected chi connectivity index (χ1v) is 13.9. The van der Waals surface area contributed by atoms with Crippen LogP contribution < -0.4 is 9.47 Å². The summed E-state index contributed by atoms with van der Waals surface area (Å²) in [6.07, 6.45) is 0. The SMILES string of the molecule is C.C.COc1ccc(C(C)(C)c2ccc(Oc3ccc(C(=O)c4ccc(C)cc4)cc3)c(COC(C)=O)c2)cc1COC(C)=O. The van der Waals surface area contributed by atoms with Crippen molar-refractivity contribution in [3.8, 4) is 17.2 Å². The van der Waals surface area contributed by atoms with Crippen LogP contribution in [0.3, 0.4) is 0 Å². The third-order valence-electron chi connectivity index (χ3n) is 7.30. The first-order valence-electron chi connectivity index (χ1n) is 13.9. The summed E-state index contributed by atoms with van der Waals surface area (Å²) in [6.45, 7) is 9.00. The normalized spacial score (nSPS) is 10.5. The van der Waals surface area contributed by atoms with E-state index in [4.69, 9.17) is 18.9 Å². The van der Waals surface area contributed by atoms with Gasteiger partial charge in [-0.2, -0.15) is 0 Å². The monoisotopic (exact) mass is 612 g/mol. The Morgan fingerprint density at radius 2 is 1.09 bits per heavy atom. The van der Waals surface area contributed by atoms with E-state index in [2.05, 4.69) is 13.8 Å². The summed E-state index contributed by atoms with van der Waals surface area (Å²) in [5.41, 5.74) is 5.19. The molecule has 4 aromatic rings. The van der Waals surface area contributed by atoms with Crippen molar-refractivity contribution < 1.29 is 33.3 Å². The van der Waals surface area contributed by atoms with Crippen molar-refractivity contribution in [1.29, 1.82) is 0 Å². The summed E-state index contributed by atoms with van der Waals surface area (Å²) in [5.74, 6) is 0.866. The van der Waals surface area contributed by atoms with Crippen LogP contribution in [0.4, 0.5) is 0 Å². The van der Waals surface area contributed by atoms with Crippen LogP contribution in [0.5, 0.6) is 17.2 Å². The van der Waals surface area contributed by atoms with E-state index in [1.807, 2.05) is 67.6 Å². The van der Waals surface area contributed by atoms with Crippen LogP contribution >= 0.6 is 0 Å². The zero-order chi connectivity index (χ0) is 31.1. The van der Waals surface area contributed by atoms with E-state index in [0.29, 0.717) is 33.9 Å². The average Bonchev–Trinajstić information content (AvgIpc) is 2.99. The maximum atomic E-state index is 12.9. The molecule has 0 N–H and O–H groups in total. The Balaban J connectivity index is 0.00000353. The van der Waals surface area contributed by atoms with Crippen molar-refractivity contribution in [2.45, 2.75) is 68.1 Å². The van der Waals surface area contributed by atoms with E-state index >= 15 is 0 Å². The van der Waals surface area contributed by atoms with Gasteiger partial charge in [-0.05, 0) is 66.6 Å². The second-order valence-corrected chi connectivity index (χ2v) is 10.9. The Bertz CT molecular complexity index is 1620. The van der Waals surface area contributed by atoms with E-state index in [-0.39, 0.29) is 39.8 Å². The lowest BCUT2D eigenvalue weighted by molar-refractivity contribution is -0.143. The second-order valence-electron chi connectivity index (χ2n) is 10.9. The Morgan fingerprint density at radius 3 is 1.56 bits per heavy atom. The largest absolute Gasteiger partial charge is 0.496 e. The molecule has 0 aliphatic carbocycles. The van der Waals surface area contributed by atoms with Gasteiger partial charge in [0.2, 0.25) is 0 Å². The molecule has 7 nitrogen and oxygen atoms in total. The molecule has 7 heteroatoms. The lowest BCUT2D eigenvalue weighted by atomic mass is 9.77. The average molecular weight is 613 g/mol. The highest BCUT2D eigenvalue weighted by molar-refractivity contribution is 6.09. The van der Waals surface area contributed by atoms with Crippen LogP contribution in [-0.4, -0.2) is 24.8 Å². The van der Waals surface area contributed by atoms with Gasteiger partial charge < -0.3 is 18.9 Å². The summed E-state index contributed by atoms with van der Waals surface area (Å²) in [6, 6.07) is 26.0. The summed E-state index contributed by atoms with van der Waals surface area (Å²) in [4.78, 5) is 36.0. The molecular formula is C38H44O7. The lowest BCUT2D eigenvalue weighted by Crippen LogP contribution is -2.20. The number of hydrogen-bond donors (Lipinski definition) is 0. The highest BCUT2D eigenvalue weighted by Crippen LogP contribution is 2.37. The summed E-state index contributed by atoms with van der Waals surface area (Å²) in [7, 11) is 1.58. The standard InChI is InChI=1S/C36H36O7.2CH4/c1-23-7-9-26(10-8-23)35(39)27-11-15-32(16-12-27)43-34-18-14-31(20-29(34)22-42-25(3)38)36(4,5)30-13-17-33(40-6)28(19-30)21-41-24(2)37;;/h7-20H,21-22H2,1-6H3;2*1H4. The molecule has 4 rings (SSSR count). The number of aryl methyl sites for hydroxylation is 1. The van der Waals surface area contributed by atoms with Gasteiger partial charge in [0.05, 0.1) is 7.11 Å². The van der Waals surface area contributed by atoms with Crippen molar-refractivity contribution in [1.82, 2.24) is 0 Å². The van der Waals surface area contributed by atoms with Crippen LogP contribution in [0, 0.1) is 6.92 Å². The first kappa shape index (κ1) is 36.3. The van der Waals surface area contributed by atoms with E-state index < -0.39 is 11.4 Å². The minimum Gasteiger partial charge on any atom is -0.496 e. The summed E-state index contributed by atoms with van der Waals surface area (Å²) >= 11 is 0. The van der Waals surface area contributed by atoms with Crippen molar-refractivity contribution >= 4 is 17.7 Å². The molecule has 0 atom stereocenters. The number of esters is 2. The van der Waals surface area contributed by atoms with Crippen LogP contribution in [0.1, 0.15) is 86.3 Å². The summed E-state index contributed by atoms with van der Waals surface area (Å²) in [5, 5.41) is 0. The van der Waals surface area contributed by atoms with Crippen molar-refractivity contribution in [2.75, 3.05) is 7.11 Å². The molecule has 4 aromatic carbocycles. The van der Waals surface area contributed by atoms with Gasteiger partial charge in [0, 0.05) is 41.5 Å². The minimum atomic E-state index is -0.473. The molecular weight excluding hydrogens is 568 g/mol. The van der Waals surface area contributed by atoms with Gasteiger partial charge in [-0.15, -0.1) is 0 Å². The van der Waals surface area contributed by atoms with Gasteiger partial charge in [0.1, 0.15) is 30.5 Å². The number of hydrogen-bond acceptors (Lipinski definition) is 7. The van der Waals surface area contributed by atoms with Gasteiger partial charge in [-0.25, -0.2) is 0 Å². The van der Waals surface area contributed by atoms with E-state index in [9.17, 15) is 14.4 Å². The predicted molar refractivity (Wildman–Crippen MR) is 177 cm³/mol. The van der Waals surface area contributed by atoms with E-state index in [1.165, 1.54) is 13.8 Å². The molecule has 0 aliphatic heterocycles. The molecule has 45 heavy (non-hydrogen) atoms. The first-order chi connectivity index (χ1) is 20.5. The van der Waals surface area contributed by atoms with Crippen molar-refractivity contribution in [3.05, 3.63) is 124 Å². The number of methoxy groups -OCH3 is 1. The lowest BCUT2D eigenvalue weighted by Gasteiger charge is -2.28. The molecule has 0 saturated heterocycles. The predicted octanol–water partition coefficient (Wildman–Crippen LogP) is 8.75. The molecule has 0 aromatic heterocycles. The van der Waals surface area contributed by atoms with Crippen molar-refractivity contribution in [3.63, 3.8) is 0 Å². The van der Waals surface area contributed by atoms with Gasteiger partial charge in [-0.1, -0.05) is 70.7 Å². The fraction of sp³-hybridized carbons (Fsp3) is 0.289. The Morgan fingerprint density at radius 1 is 0.644 bits per heavy atom. The Kier molecular flexibility index (Phi) is 12.7. The number of carbonyl (C=O) groups excluding carboxylic acids is 3. The van der Waals surface area contributed by atoms with Gasteiger partial charge in [0.15, 0.2) is 5.78 Å². The van der Waals surface area contributed by atoms with Crippen LogP contribution in [0.25, 0.3) is 0 Å². The van der Waals surface area contributed by atoms with Crippen LogP contribution in [0.15, 0.2) is 84.9 Å². The zero-order valence-corrected chi connectivity index (χ0v) is 25.4. The van der Waals surface area contributed by atoms with E-state index in [0.717, 1.165) is 22.3 Å². The topological polar surface area (TPSA) is 88.1 Å². The van der Waals surface area contributed by atoms with Crippen LogP contribution in [-0.2, 0) is 37.7 Å². The van der Waals surface area contributed by atoms with Gasteiger partial charge in [0.25, 0.3) is 0 Å². The molecule has 0 unspecified atom stereocenters. The molecule has 0 heterocycles. The van der Waals surface area contributed by atoms with Gasteiger partial charge in [-0.3, -0.25) is 14.4 Å². The highest BCUT2D eigenvalue weighted by atomic mass is 16.5. The Labute approximate surface area is 267 Å². The third kappa shape index (κ3) is 9.05. The Hall–Kier alpha value is -4.91.